The Morgan fingerprint density at radius 2 is 1.53 bits per heavy atom. The third-order valence-corrected chi connectivity index (χ3v) is 6.72. The van der Waals surface area contributed by atoms with E-state index in [1.54, 1.807) is 26.0 Å². The Hall–Kier alpha value is -3.72. The van der Waals surface area contributed by atoms with E-state index in [4.69, 9.17) is 9.47 Å². The van der Waals surface area contributed by atoms with Crippen LogP contribution < -0.4 is 10.5 Å². The Balaban J connectivity index is 2.08. The maximum absolute atomic E-state index is 13.6. The molecule has 2 aromatic rings. The number of dihydropyridines is 1. The minimum atomic E-state index is -1.03. The lowest BCUT2D eigenvalue weighted by Crippen LogP contribution is -2.43. The molecule has 0 aromatic heterocycles. The van der Waals surface area contributed by atoms with Gasteiger partial charge in [0.05, 0.1) is 34.3 Å². The number of nitro groups is 1. The fourth-order valence-corrected chi connectivity index (χ4v) is 5.23. The first-order valence-corrected chi connectivity index (χ1v) is 11.6. The highest BCUT2D eigenvalue weighted by Crippen LogP contribution is 2.42. The number of hydrogen-bond acceptors (Lipinski definition) is 7. The Labute approximate surface area is 200 Å². The van der Waals surface area contributed by atoms with E-state index in [1.807, 2.05) is 44.2 Å². The Bertz CT molecular complexity index is 1190. The van der Waals surface area contributed by atoms with E-state index in [0.29, 0.717) is 11.4 Å². The highest BCUT2D eigenvalue weighted by atomic mass is 28.2. The topological polar surface area (TPSA) is 108 Å². The summed E-state index contributed by atoms with van der Waals surface area (Å²) in [5, 5.41) is 15.0. The van der Waals surface area contributed by atoms with Gasteiger partial charge in [-0.2, -0.15) is 0 Å². The van der Waals surface area contributed by atoms with Crippen molar-refractivity contribution in [2.45, 2.75) is 38.8 Å². The minimum Gasteiger partial charge on any atom is -0.466 e. The number of para-hydroxylation sites is 1. The molecule has 8 nitrogen and oxygen atoms in total. The third kappa shape index (κ3) is 5.25. The summed E-state index contributed by atoms with van der Waals surface area (Å²) in [5.41, 5.74) is 1.17. The van der Waals surface area contributed by atoms with Crippen LogP contribution in [0.4, 0.5) is 5.69 Å². The van der Waals surface area contributed by atoms with E-state index in [9.17, 15) is 19.7 Å². The number of carbonyl (C=O) groups is 2. The number of nitrogens with one attached hydrogen (secondary N) is 1. The molecule has 1 aliphatic heterocycles. The van der Waals surface area contributed by atoms with Crippen LogP contribution >= 0.6 is 0 Å². The van der Waals surface area contributed by atoms with Crippen molar-refractivity contribution >= 4 is 32.3 Å². The summed E-state index contributed by atoms with van der Waals surface area (Å²) in [7, 11) is 1.40. The highest BCUT2D eigenvalue weighted by molar-refractivity contribution is 6.56. The maximum atomic E-state index is 13.6. The number of methoxy groups -OCH3 is 1. The quantitative estimate of drug-likeness (QED) is 0.281. The Morgan fingerprint density at radius 1 is 0.971 bits per heavy atom. The molecule has 0 amide bonds. The zero-order valence-corrected chi connectivity index (χ0v) is 20.7. The molecule has 1 N–H and O–H groups in total. The number of esters is 2. The number of benzene rings is 2. The second-order valence-corrected chi connectivity index (χ2v) is 10.4. The lowest BCUT2D eigenvalue weighted by atomic mass is 9.79. The van der Waals surface area contributed by atoms with Gasteiger partial charge in [-0.25, -0.2) is 9.59 Å². The van der Waals surface area contributed by atoms with Crippen LogP contribution in [0.2, 0.25) is 0 Å². The van der Waals surface area contributed by atoms with Crippen LogP contribution in [0.15, 0.2) is 77.1 Å². The van der Waals surface area contributed by atoms with Gasteiger partial charge in [0.15, 0.2) is 0 Å². The van der Waals surface area contributed by atoms with Crippen LogP contribution in [0.25, 0.3) is 0 Å². The first kappa shape index (κ1) is 24.9. The summed E-state index contributed by atoms with van der Waals surface area (Å²) in [4.78, 5) is 37.6. The lowest BCUT2D eigenvalue weighted by molar-refractivity contribution is -0.385. The highest BCUT2D eigenvalue weighted by Gasteiger charge is 2.42. The van der Waals surface area contributed by atoms with E-state index in [0.717, 1.165) is 5.19 Å². The van der Waals surface area contributed by atoms with Crippen LogP contribution in [-0.2, 0) is 19.1 Å². The molecular formula is C25H26N2O6Si. The summed E-state index contributed by atoms with van der Waals surface area (Å²) in [6.45, 7) is 6.97. The predicted octanol–water partition coefficient (Wildman–Crippen LogP) is 3.31. The van der Waals surface area contributed by atoms with Gasteiger partial charge in [0.25, 0.3) is 5.69 Å². The van der Waals surface area contributed by atoms with Crippen molar-refractivity contribution in [2.75, 3.05) is 7.11 Å². The molecular weight excluding hydrogens is 452 g/mol. The minimum absolute atomic E-state index is 0.123. The Morgan fingerprint density at radius 3 is 2.12 bits per heavy atom. The number of carbonyl (C=O) groups excluding carboxylic acids is 2. The van der Waals surface area contributed by atoms with Crippen molar-refractivity contribution < 1.29 is 24.0 Å². The average Bonchev–Trinajstić information content (AvgIpc) is 2.77. The van der Waals surface area contributed by atoms with Gasteiger partial charge < -0.3 is 14.8 Å². The van der Waals surface area contributed by atoms with Crippen LogP contribution in [0.3, 0.4) is 0 Å². The number of rotatable bonds is 7. The molecule has 0 bridgehead atoms. The number of allylic oxidation sites excluding steroid dienone is 2. The van der Waals surface area contributed by atoms with E-state index in [-0.39, 0.29) is 31.9 Å². The van der Waals surface area contributed by atoms with Crippen molar-refractivity contribution in [3.63, 3.8) is 0 Å². The molecule has 1 heterocycles. The zero-order chi connectivity index (χ0) is 25.0. The molecule has 2 aromatic carbocycles. The Kier molecular flexibility index (Phi) is 7.36. The molecule has 9 heteroatoms. The fraction of sp³-hybridized carbons (Fsp3) is 0.280. The van der Waals surface area contributed by atoms with Gasteiger partial charge in [-0.15, -0.1) is 0 Å². The second kappa shape index (κ2) is 10.0. The van der Waals surface area contributed by atoms with E-state index in [1.165, 1.54) is 19.2 Å². The van der Waals surface area contributed by atoms with Crippen molar-refractivity contribution in [3.05, 3.63) is 92.8 Å². The molecule has 3 rings (SSSR count). The number of nitrogens with zero attached hydrogens (tertiary/aromatic N) is 1. The molecule has 2 radical (unpaired) electrons. The van der Waals surface area contributed by atoms with Crippen LogP contribution in [0, 0.1) is 10.1 Å². The van der Waals surface area contributed by atoms with E-state index < -0.39 is 28.0 Å². The van der Waals surface area contributed by atoms with E-state index in [2.05, 4.69) is 5.32 Å². The van der Waals surface area contributed by atoms with Crippen molar-refractivity contribution in [1.29, 1.82) is 0 Å². The monoisotopic (exact) mass is 478 g/mol. The van der Waals surface area contributed by atoms with Gasteiger partial charge in [0, 0.05) is 23.0 Å². The van der Waals surface area contributed by atoms with Gasteiger partial charge >= 0.3 is 11.9 Å². The van der Waals surface area contributed by atoms with Crippen LogP contribution in [0.1, 0.15) is 39.2 Å². The summed E-state index contributed by atoms with van der Waals surface area (Å²) in [5.74, 6) is -2.37. The molecule has 34 heavy (non-hydrogen) atoms. The summed E-state index contributed by atoms with van der Waals surface area (Å²) >= 11 is 0. The number of ether oxygens (including phenoxy) is 2. The molecule has 0 fully saturated rings. The molecule has 0 aliphatic carbocycles. The molecule has 0 saturated heterocycles. The zero-order valence-electron chi connectivity index (χ0n) is 19.7. The average molecular weight is 479 g/mol. The van der Waals surface area contributed by atoms with E-state index >= 15 is 0 Å². The smallest absolute Gasteiger partial charge is 0.336 e. The molecule has 0 saturated carbocycles. The maximum Gasteiger partial charge on any atom is 0.336 e. The van der Waals surface area contributed by atoms with Gasteiger partial charge in [-0.3, -0.25) is 10.1 Å². The van der Waals surface area contributed by atoms with Crippen LogP contribution in [0.5, 0.6) is 0 Å². The SMILES string of the molecule is COC(=O)C1=C(C)NC(C)=C(C(=O)OC(C)(C)[Si]c2ccccc2)C1c1ccccc1[N+](=O)[O-]. The molecule has 1 unspecified atom stereocenters. The van der Waals surface area contributed by atoms with Gasteiger partial charge in [-0.05, 0) is 27.7 Å². The lowest BCUT2D eigenvalue weighted by Gasteiger charge is -2.32. The van der Waals surface area contributed by atoms with Crippen molar-refractivity contribution in [2.24, 2.45) is 0 Å². The first-order chi connectivity index (χ1) is 16.1. The standard InChI is InChI=1S/C25H26N2O6Si/c1-15-20(23(28)32-5)22(18-13-9-10-14-19(18)27(30)31)21(16(2)26-15)24(29)33-25(3,4)34-17-11-7-6-8-12-17/h6-14,22,26H,1-5H3. The largest absolute Gasteiger partial charge is 0.466 e. The number of nitro benzene ring substituents is 1. The van der Waals surface area contributed by atoms with Gasteiger partial charge in [0.2, 0.25) is 0 Å². The first-order valence-electron chi connectivity index (χ1n) is 10.6. The van der Waals surface area contributed by atoms with Crippen LogP contribution in [-0.4, -0.2) is 38.7 Å². The molecule has 1 atom stereocenters. The summed E-state index contributed by atoms with van der Waals surface area (Å²) in [6, 6.07) is 15.7. The normalized spacial score (nSPS) is 16.1. The molecule has 176 valence electrons. The summed E-state index contributed by atoms with van der Waals surface area (Å²) in [6.07, 6.45) is 0. The van der Waals surface area contributed by atoms with Crippen molar-refractivity contribution in [1.82, 2.24) is 5.32 Å². The number of hydrogen-bond donors (Lipinski definition) is 1. The predicted molar refractivity (Wildman–Crippen MR) is 128 cm³/mol. The van der Waals surface area contributed by atoms with Gasteiger partial charge in [0.1, 0.15) is 9.52 Å². The molecule has 0 spiro atoms. The van der Waals surface area contributed by atoms with Gasteiger partial charge in [-0.1, -0.05) is 53.7 Å². The fourth-order valence-electron chi connectivity index (χ4n) is 4.04. The summed E-state index contributed by atoms with van der Waals surface area (Å²) < 4.78 is 10.9. The molecule has 1 aliphatic rings. The van der Waals surface area contributed by atoms with Crippen molar-refractivity contribution in [3.8, 4) is 0 Å². The third-order valence-electron chi connectivity index (χ3n) is 5.40. The second-order valence-electron chi connectivity index (χ2n) is 8.33.